The summed E-state index contributed by atoms with van der Waals surface area (Å²) in [6.07, 6.45) is 2.08. The van der Waals surface area contributed by atoms with Crippen LogP contribution in [0.2, 0.25) is 0 Å². The van der Waals surface area contributed by atoms with Gasteiger partial charge in [0.05, 0.1) is 6.61 Å². The molecule has 1 fully saturated rings. The fourth-order valence-electron chi connectivity index (χ4n) is 1.74. The Morgan fingerprint density at radius 3 is 3.14 bits per heavy atom. The maximum Gasteiger partial charge on any atom is 0.0510 e. The first-order valence-corrected chi connectivity index (χ1v) is 6.50. The van der Waals surface area contributed by atoms with Crippen molar-refractivity contribution in [2.24, 2.45) is 11.7 Å². The van der Waals surface area contributed by atoms with E-state index in [9.17, 15) is 0 Å². The minimum absolute atomic E-state index is 0.243. The standard InChI is InChI=1S/C10H14BrNOS/c11-8-2-4-14-10(8)5-9(12)7-1-3-13-6-7/h2,4,7,9H,1,3,5-6,12H2. The zero-order valence-electron chi connectivity index (χ0n) is 7.91. The van der Waals surface area contributed by atoms with Gasteiger partial charge in [0.15, 0.2) is 0 Å². The van der Waals surface area contributed by atoms with E-state index in [1.807, 2.05) is 0 Å². The third kappa shape index (κ3) is 2.37. The Kier molecular flexibility index (Phi) is 3.60. The molecule has 0 aliphatic carbocycles. The van der Waals surface area contributed by atoms with Crippen molar-refractivity contribution in [1.29, 1.82) is 0 Å². The van der Waals surface area contributed by atoms with Crippen molar-refractivity contribution in [2.75, 3.05) is 13.2 Å². The molecule has 14 heavy (non-hydrogen) atoms. The molecule has 1 aliphatic heterocycles. The van der Waals surface area contributed by atoms with Crippen LogP contribution in [0.15, 0.2) is 15.9 Å². The lowest BCUT2D eigenvalue weighted by Gasteiger charge is -2.16. The number of rotatable bonds is 3. The normalized spacial score (nSPS) is 24.0. The second kappa shape index (κ2) is 4.75. The molecule has 2 atom stereocenters. The van der Waals surface area contributed by atoms with Gasteiger partial charge >= 0.3 is 0 Å². The molecule has 0 saturated carbocycles. The van der Waals surface area contributed by atoms with E-state index in [2.05, 4.69) is 27.4 Å². The van der Waals surface area contributed by atoms with Crippen molar-refractivity contribution in [3.8, 4) is 0 Å². The molecule has 2 unspecified atom stereocenters. The third-order valence-corrected chi connectivity index (χ3v) is 4.63. The van der Waals surface area contributed by atoms with Gasteiger partial charge in [0, 0.05) is 22.0 Å². The second-order valence-corrected chi connectivity index (χ2v) is 5.54. The lowest BCUT2D eigenvalue weighted by molar-refractivity contribution is 0.180. The van der Waals surface area contributed by atoms with E-state index in [0.717, 1.165) is 26.1 Å². The number of hydrogen-bond acceptors (Lipinski definition) is 3. The zero-order chi connectivity index (χ0) is 9.97. The molecule has 0 radical (unpaired) electrons. The van der Waals surface area contributed by atoms with Crippen LogP contribution in [0.1, 0.15) is 11.3 Å². The fraction of sp³-hybridized carbons (Fsp3) is 0.600. The van der Waals surface area contributed by atoms with E-state index in [1.54, 1.807) is 11.3 Å². The predicted octanol–water partition coefficient (Wildman–Crippen LogP) is 2.42. The van der Waals surface area contributed by atoms with Crippen LogP contribution in [0.5, 0.6) is 0 Å². The summed E-state index contributed by atoms with van der Waals surface area (Å²) in [6, 6.07) is 2.32. The highest BCUT2D eigenvalue weighted by molar-refractivity contribution is 9.10. The highest BCUT2D eigenvalue weighted by atomic mass is 79.9. The highest BCUT2D eigenvalue weighted by Crippen LogP contribution is 2.26. The first-order valence-electron chi connectivity index (χ1n) is 4.82. The van der Waals surface area contributed by atoms with Crippen LogP contribution in [-0.4, -0.2) is 19.3 Å². The van der Waals surface area contributed by atoms with Crippen molar-refractivity contribution >= 4 is 27.3 Å². The summed E-state index contributed by atoms with van der Waals surface area (Å²) in [4.78, 5) is 1.35. The van der Waals surface area contributed by atoms with Gasteiger partial charge in [0.1, 0.15) is 0 Å². The maximum absolute atomic E-state index is 6.14. The molecule has 1 aliphatic rings. The summed E-state index contributed by atoms with van der Waals surface area (Å²) in [5.41, 5.74) is 6.14. The quantitative estimate of drug-likeness (QED) is 0.920. The number of nitrogens with two attached hydrogens (primary N) is 1. The van der Waals surface area contributed by atoms with Gasteiger partial charge in [-0.2, -0.15) is 0 Å². The Morgan fingerprint density at radius 1 is 1.71 bits per heavy atom. The smallest absolute Gasteiger partial charge is 0.0510 e. The van der Waals surface area contributed by atoms with Crippen LogP contribution in [0, 0.1) is 5.92 Å². The molecule has 78 valence electrons. The van der Waals surface area contributed by atoms with Gasteiger partial charge < -0.3 is 10.5 Å². The Morgan fingerprint density at radius 2 is 2.57 bits per heavy atom. The van der Waals surface area contributed by atoms with E-state index in [-0.39, 0.29) is 6.04 Å². The van der Waals surface area contributed by atoms with Crippen LogP contribution < -0.4 is 5.73 Å². The third-order valence-electron chi connectivity index (χ3n) is 2.68. The second-order valence-electron chi connectivity index (χ2n) is 3.68. The minimum Gasteiger partial charge on any atom is -0.381 e. The van der Waals surface area contributed by atoms with Gasteiger partial charge in [0.2, 0.25) is 0 Å². The largest absolute Gasteiger partial charge is 0.381 e. The lowest BCUT2D eigenvalue weighted by atomic mass is 9.97. The van der Waals surface area contributed by atoms with Gasteiger partial charge in [-0.3, -0.25) is 0 Å². The van der Waals surface area contributed by atoms with Gasteiger partial charge in [0.25, 0.3) is 0 Å². The van der Waals surface area contributed by atoms with Crippen LogP contribution in [-0.2, 0) is 11.2 Å². The summed E-state index contributed by atoms with van der Waals surface area (Å²) >= 11 is 5.30. The summed E-state index contributed by atoms with van der Waals surface area (Å²) < 4.78 is 6.53. The van der Waals surface area contributed by atoms with Crippen molar-refractivity contribution in [2.45, 2.75) is 18.9 Å². The molecule has 2 rings (SSSR count). The van der Waals surface area contributed by atoms with Crippen LogP contribution in [0.3, 0.4) is 0 Å². The van der Waals surface area contributed by atoms with Gasteiger partial charge in [-0.25, -0.2) is 0 Å². The molecule has 0 spiro atoms. The fourth-order valence-corrected chi connectivity index (χ4v) is 3.33. The molecule has 2 heterocycles. The number of thiophene rings is 1. The molecule has 2 N–H and O–H groups in total. The molecule has 2 nitrogen and oxygen atoms in total. The molecule has 1 aromatic heterocycles. The van der Waals surface area contributed by atoms with Crippen LogP contribution >= 0.6 is 27.3 Å². The topological polar surface area (TPSA) is 35.2 Å². The van der Waals surface area contributed by atoms with E-state index >= 15 is 0 Å². The molecule has 1 aromatic rings. The van der Waals surface area contributed by atoms with Gasteiger partial charge in [-0.1, -0.05) is 0 Å². The van der Waals surface area contributed by atoms with Crippen molar-refractivity contribution < 1.29 is 4.74 Å². The Labute approximate surface area is 96.6 Å². The van der Waals surface area contributed by atoms with Crippen molar-refractivity contribution in [1.82, 2.24) is 0 Å². The van der Waals surface area contributed by atoms with E-state index < -0.39 is 0 Å². The SMILES string of the molecule is NC(Cc1sccc1Br)C1CCOC1. The van der Waals surface area contributed by atoms with Crippen LogP contribution in [0.25, 0.3) is 0 Å². The molecule has 0 amide bonds. The lowest BCUT2D eigenvalue weighted by Crippen LogP contribution is -2.32. The Bertz CT molecular complexity index is 296. The molecule has 1 saturated heterocycles. The number of ether oxygens (including phenoxy) is 1. The number of hydrogen-bond donors (Lipinski definition) is 1. The number of halogens is 1. The first-order chi connectivity index (χ1) is 6.77. The van der Waals surface area contributed by atoms with Crippen molar-refractivity contribution in [3.63, 3.8) is 0 Å². The molecular weight excluding hydrogens is 262 g/mol. The summed E-state index contributed by atoms with van der Waals surface area (Å²) in [5, 5.41) is 2.09. The van der Waals surface area contributed by atoms with E-state index in [1.165, 1.54) is 9.35 Å². The van der Waals surface area contributed by atoms with E-state index in [0.29, 0.717) is 5.92 Å². The summed E-state index contributed by atoms with van der Waals surface area (Å²) in [5.74, 6) is 0.545. The predicted molar refractivity (Wildman–Crippen MR) is 62.6 cm³/mol. The first kappa shape index (κ1) is 10.6. The maximum atomic E-state index is 6.14. The summed E-state index contributed by atoms with van der Waals surface area (Å²) in [6.45, 7) is 1.72. The Hall–Kier alpha value is 0.1000. The summed E-state index contributed by atoms with van der Waals surface area (Å²) in [7, 11) is 0. The monoisotopic (exact) mass is 275 g/mol. The van der Waals surface area contributed by atoms with Gasteiger partial charge in [-0.05, 0) is 46.1 Å². The van der Waals surface area contributed by atoms with Crippen molar-refractivity contribution in [3.05, 3.63) is 20.8 Å². The highest BCUT2D eigenvalue weighted by Gasteiger charge is 2.23. The van der Waals surface area contributed by atoms with Gasteiger partial charge in [-0.15, -0.1) is 11.3 Å². The minimum atomic E-state index is 0.243. The molecular formula is C10H14BrNOS. The van der Waals surface area contributed by atoms with Crippen LogP contribution in [0.4, 0.5) is 0 Å². The zero-order valence-corrected chi connectivity index (χ0v) is 10.3. The molecule has 4 heteroatoms. The van der Waals surface area contributed by atoms with E-state index in [4.69, 9.17) is 10.5 Å². The average Bonchev–Trinajstić information content (AvgIpc) is 2.77. The molecule has 0 bridgehead atoms. The average molecular weight is 276 g/mol. The Balaban J connectivity index is 1.93. The molecule has 0 aromatic carbocycles.